The van der Waals surface area contributed by atoms with Gasteiger partial charge in [-0.3, -0.25) is 24.1 Å². The Kier molecular flexibility index (Phi) is 3.58. The van der Waals surface area contributed by atoms with Gasteiger partial charge in [-0.15, -0.1) is 0 Å². The van der Waals surface area contributed by atoms with Crippen molar-refractivity contribution in [1.82, 2.24) is 4.90 Å². The third-order valence-corrected chi connectivity index (χ3v) is 5.85. The summed E-state index contributed by atoms with van der Waals surface area (Å²) in [5.41, 5.74) is -0.561. The molecule has 3 heterocycles. The summed E-state index contributed by atoms with van der Waals surface area (Å²) in [5.74, 6) is -1.01. The number of fused-ring (bicyclic) bond motifs is 1. The molecule has 2 amide bonds. The van der Waals surface area contributed by atoms with Crippen molar-refractivity contribution in [3.8, 4) is 0 Å². The second-order valence-electron chi connectivity index (χ2n) is 6.02. The number of imide groups is 1. The van der Waals surface area contributed by atoms with Crippen LogP contribution < -0.4 is 0 Å². The average Bonchev–Trinajstić information content (AvgIpc) is 3.13. The number of hydrogen-bond donors (Lipinski definition) is 0. The summed E-state index contributed by atoms with van der Waals surface area (Å²) in [6.07, 6.45) is -0.195. The van der Waals surface area contributed by atoms with Crippen molar-refractivity contribution in [2.75, 3.05) is 0 Å². The molecular weight excluding hydrogens is 338 g/mol. The van der Waals surface area contributed by atoms with E-state index in [0.29, 0.717) is 11.1 Å². The van der Waals surface area contributed by atoms with E-state index < -0.39 is 16.0 Å². The number of thioether (sulfide) groups is 1. The second-order valence-corrected chi connectivity index (χ2v) is 7.08. The van der Waals surface area contributed by atoms with E-state index in [-0.39, 0.29) is 23.9 Å². The Bertz CT molecular complexity index is 888. The molecule has 6 heteroatoms. The number of rotatable bonds is 5. The molecule has 2 aromatic carbocycles. The molecule has 3 fully saturated rings. The summed E-state index contributed by atoms with van der Waals surface area (Å²) in [5, 5.41) is -1.28. The molecule has 0 aromatic heterocycles. The van der Waals surface area contributed by atoms with E-state index in [0.717, 1.165) is 16.7 Å². The smallest absolute Gasteiger partial charge is 0.290 e. The molecule has 2 bridgehead atoms. The van der Waals surface area contributed by atoms with Gasteiger partial charge >= 0.3 is 0 Å². The number of carbonyl (C=O) groups excluding carboxylic acids is 4. The van der Waals surface area contributed by atoms with Crippen LogP contribution in [0.15, 0.2) is 60.7 Å². The van der Waals surface area contributed by atoms with E-state index in [1.807, 2.05) is 0 Å². The Morgan fingerprint density at radius 3 is 1.96 bits per heavy atom. The van der Waals surface area contributed by atoms with Crippen molar-refractivity contribution in [3.63, 3.8) is 0 Å². The van der Waals surface area contributed by atoms with Gasteiger partial charge in [0.1, 0.15) is 10.8 Å². The van der Waals surface area contributed by atoms with Crippen molar-refractivity contribution in [2.24, 2.45) is 0 Å². The van der Waals surface area contributed by atoms with Crippen molar-refractivity contribution in [1.29, 1.82) is 0 Å². The van der Waals surface area contributed by atoms with Crippen LogP contribution in [0.5, 0.6) is 0 Å². The highest BCUT2D eigenvalue weighted by molar-refractivity contribution is 8.16. The lowest BCUT2D eigenvalue weighted by Gasteiger charge is -2.46. The fourth-order valence-corrected chi connectivity index (χ4v) is 4.66. The number of benzene rings is 2. The molecule has 0 radical (unpaired) electrons. The number of ketones is 2. The zero-order chi connectivity index (χ0) is 17.6. The van der Waals surface area contributed by atoms with Crippen LogP contribution in [-0.4, -0.2) is 38.4 Å². The Balaban J connectivity index is 1.74. The lowest BCUT2D eigenvalue weighted by molar-refractivity contribution is -0.141. The fraction of sp³-hybridized carbons (Fsp3) is 0.158. The van der Waals surface area contributed by atoms with Gasteiger partial charge in [0.05, 0.1) is 0 Å². The number of amides is 2. The molecule has 3 aliphatic rings. The molecular formula is C19H13NO4S. The first-order valence-electron chi connectivity index (χ1n) is 7.78. The highest BCUT2D eigenvalue weighted by atomic mass is 32.2. The van der Waals surface area contributed by atoms with Gasteiger partial charge in [0, 0.05) is 17.5 Å². The summed E-state index contributed by atoms with van der Waals surface area (Å²) >= 11 is 0.834. The molecule has 25 heavy (non-hydrogen) atoms. The van der Waals surface area contributed by atoms with Crippen LogP contribution >= 0.6 is 11.8 Å². The Morgan fingerprint density at radius 1 is 0.920 bits per heavy atom. The SMILES string of the molecule is O=C(CC1(C(=O)c2ccccc2)C2SC(=O)N1C2=O)c1ccccc1. The molecule has 3 aliphatic heterocycles. The van der Waals surface area contributed by atoms with Crippen molar-refractivity contribution < 1.29 is 19.2 Å². The molecule has 0 saturated carbocycles. The number of β-lactam (4-membered cyclic amide) rings is 1. The lowest BCUT2D eigenvalue weighted by atomic mass is 9.73. The molecule has 0 aliphatic carbocycles. The predicted molar refractivity (Wildman–Crippen MR) is 92.5 cm³/mol. The minimum Gasteiger partial charge on any atom is -0.294 e. The second kappa shape index (κ2) is 5.67. The monoisotopic (exact) mass is 351 g/mol. The quantitative estimate of drug-likeness (QED) is 0.612. The lowest BCUT2D eigenvalue weighted by Crippen LogP contribution is -2.72. The first-order valence-corrected chi connectivity index (χ1v) is 8.66. The number of nitrogens with zero attached hydrogens (tertiary/aromatic N) is 1. The zero-order valence-electron chi connectivity index (χ0n) is 13.0. The number of carbonyl (C=O) groups is 4. The molecule has 5 nitrogen and oxygen atoms in total. The Hall–Kier alpha value is -2.73. The van der Waals surface area contributed by atoms with Crippen LogP contribution in [-0.2, 0) is 4.79 Å². The zero-order valence-corrected chi connectivity index (χ0v) is 13.9. The summed E-state index contributed by atoms with van der Waals surface area (Å²) in [7, 11) is 0. The summed E-state index contributed by atoms with van der Waals surface area (Å²) < 4.78 is 0. The first-order chi connectivity index (χ1) is 12.1. The largest absolute Gasteiger partial charge is 0.294 e. The van der Waals surface area contributed by atoms with E-state index in [4.69, 9.17) is 0 Å². The maximum absolute atomic E-state index is 13.2. The van der Waals surface area contributed by atoms with Gasteiger partial charge in [-0.1, -0.05) is 60.7 Å². The minimum absolute atomic E-state index is 0.195. The third-order valence-electron chi connectivity index (χ3n) is 4.63. The van der Waals surface area contributed by atoms with E-state index in [1.54, 1.807) is 60.7 Å². The van der Waals surface area contributed by atoms with Crippen molar-refractivity contribution >= 4 is 34.5 Å². The van der Waals surface area contributed by atoms with Gasteiger partial charge in [-0.05, 0) is 11.8 Å². The average molecular weight is 351 g/mol. The molecule has 124 valence electrons. The maximum Gasteiger partial charge on any atom is 0.290 e. The van der Waals surface area contributed by atoms with Gasteiger partial charge in [0.15, 0.2) is 11.6 Å². The van der Waals surface area contributed by atoms with Crippen LogP contribution in [0.25, 0.3) is 0 Å². The number of Topliss-reactive ketones (excluding diaryl/α,β-unsaturated/α-hetero) is 2. The van der Waals surface area contributed by atoms with Crippen molar-refractivity contribution in [3.05, 3.63) is 71.8 Å². The van der Waals surface area contributed by atoms with Crippen LogP contribution in [0.1, 0.15) is 27.1 Å². The van der Waals surface area contributed by atoms with Crippen LogP contribution in [0.2, 0.25) is 0 Å². The van der Waals surface area contributed by atoms with Gasteiger partial charge in [-0.2, -0.15) is 0 Å². The van der Waals surface area contributed by atoms with E-state index in [2.05, 4.69) is 0 Å². The highest BCUT2D eigenvalue weighted by Gasteiger charge is 2.73. The van der Waals surface area contributed by atoms with E-state index >= 15 is 0 Å². The molecule has 0 spiro atoms. The predicted octanol–water partition coefficient (Wildman–Crippen LogP) is 2.96. The topological polar surface area (TPSA) is 71.5 Å². The van der Waals surface area contributed by atoms with Gasteiger partial charge in [0.2, 0.25) is 5.91 Å². The molecule has 5 rings (SSSR count). The van der Waals surface area contributed by atoms with E-state index in [1.165, 1.54) is 0 Å². The molecule has 3 saturated heterocycles. The van der Waals surface area contributed by atoms with E-state index in [9.17, 15) is 19.2 Å². The molecule has 0 N–H and O–H groups in total. The summed E-state index contributed by atoms with van der Waals surface area (Å²) in [6, 6.07) is 17.1. The van der Waals surface area contributed by atoms with Crippen molar-refractivity contribution in [2.45, 2.75) is 17.2 Å². The third kappa shape index (κ3) is 2.17. The van der Waals surface area contributed by atoms with Crippen LogP contribution in [0.4, 0.5) is 4.79 Å². The van der Waals surface area contributed by atoms with Crippen LogP contribution in [0, 0.1) is 0 Å². The standard InChI is InChI=1S/C19H13NO4S/c21-14(12-7-3-1-4-8-12)11-19(15(22)13-9-5-2-6-10-13)16-17(23)20(19)18(24)25-16/h1-10,16H,11H2. The molecule has 2 unspecified atom stereocenters. The Morgan fingerprint density at radius 2 is 1.48 bits per heavy atom. The molecule has 2 atom stereocenters. The normalized spacial score (nSPS) is 24.2. The fourth-order valence-electron chi connectivity index (χ4n) is 3.41. The Labute approximate surface area is 148 Å². The van der Waals surface area contributed by atoms with Gasteiger partial charge in [-0.25, -0.2) is 0 Å². The maximum atomic E-state index is 13.2. The summed E-state index contributed by atoms with van der Waals surface area (Å²) in [6.45, 7) is 0. The van der Waals surface area contributed by atoms with Gasteiger partial charge < -0.3 is 0 Å². The summed E-state index contributed by atoms with van der Waals surface area (Å²) in [4.78, 5) is 51.1. The number of hydrogen-bond acceptors (Lipinski definition) is 5. The molecule has 2 aromatic rings. The van der Waals surface area contributed by atoms with Crippen LogP contribution in [0.3, 0.4) is 0 Å². The first kappa shape index (κ1) is 15.8. The van der Waals surface area contributed by atoms with Gasteiger partial charge in [0.25, 0.3) is 5.24 Å². The highest BCUT2D eigenvalue weighted by Crippen LogP contribution is 2.54. The minimum atomic E-state index is -1.41.